The van der Waals surface area contributed by atoms with Crippen LogP contribution in [0.2, 0.25) is 0 Å². The van der Waals surface area contributed by atoms with Crippen molar-refractivity contribution in [3.05, 3.63) is 18.2 Å². The second-order valence-corrected chi connectivity index (χ2v) is 6.96. The van der Waals surface area contributed by atoms with Gasteiger partial charge in [-0.3, -0.25) is 4.90 Å². The molecular formula is C18H30N4O. The van der Waals surface area contributed by atoms with Crippen molar-refractivity contribution in [3.8, 4) is 0 Å². The smallest absolute Gasteiger partial charge is 0.0620 e. The zero-order valence-electron chi connectivity index (χ0n) is 14.2. The number of piperidine rings is 1. The maximum Gasteiger partial charge on any atom is 0.0620 e. The number of aliphatic hydroxyl groups excluding tert-OH is 1. The third-order valence-corrected chi connectivity index (χ3v) is 5.29. The largest absolute Gasteiger partial charge is 0.397 e. The first-order chi connectivity index (χ1) is 11.2. The van der Waals surface area contributed by atoms with Crippen LogP contribution in [0.1, 0.15) is 19.8 Å². The zero-order valence-corrected chi connectivity index (χ0v) is 14.2. The van der Waals surface area contributed by atoms with Gasteiger partial charge in [0, 0.05) is 51.5 Å². The molecule has 23 heavy (non-hydrogen) atoms. The molecule has 2 aliphatic heterocycles. The minimum Gasteiger partial charge on any atom is -0.397 e. The van der Waals surface area contributed by atoms with Crippen LogP contribution in [0, 0.1) is 5.92 Å². The fourth-order valence-corrected chi connectivity index (χ4v) is 3.62. The summed E-state index contributed by atoms with van der Waals surface area (Å²) in [6.45, 7) is 9.65. The topological polar surface area (TPSA) is 56.0 Å². The second-order valence-electron chi connectivity index (χ2n) is 6.96. The summed E-state index contributed by atoms with van der Waals surface area (Å²) < 4.78 is 0. The highest BCUT2D eigenvalue weighted by Crippen LogP contribution is 2.32. The first kappa shape index (κ1) is 16.4. The van der Waals surface area contributed by atoms with E-state index in [2.05, 4.69) is 39.8 Å². The number of nitrogens with two attached hydrogens (primary N) is 1. The van der Waals surface area contributed by atoms with Crippen molar-refractivity contribution >= 4 is 17.1 Å². The molecule has 0 aliphatic carbocycles. The minimum atomic E-state index is 0.249. The Morgan fingerprint density at radius 1 is 1.04 bits per heavy atom. The number of hydrogen-bond acceptors (Lipinski definition) is 5. The molecule has 5 heteroatoms. The molecule has 0 aromatic heterocycles. The molecule has 2 fully saturated rings. The molecule has 2 aliphatic rings. The highest BCUT2D eigenvalue weighted by Gasteiger charge is 2.21. The van der Waals surface area contributed by atoms with E-state index in [9.17, 15) is 0 Å². The van der Waals surface area contributed by atoms with E-state index in [1.165, 1.54) is 24.2 Å². The normalized spacial score (nSPS) is 21.0. The fourth-order valence-electron chi connectivity index (χ4n) is 3.62. The van der Waals surface area contributed by atoms with Crippen molar-refractivity contribution in [2.24, 2.45) is 5.92 Å². The van der Waals surface area contributed by atoms with Gasteiger partial charge in [-0.15, -0.1) is 0 Å². The van der Waals surface area contributed by atoms with Crippen molar-refractivity contribution in [2.75, 3.05) is 68.0 Å². The molecule has 2 heterocycles. The summed E-state index contributed by atoms with van der Waals surface area (Å²) in [5.74, 6) is 0.829. The van der Waals surface area contributed by atoms with E-state index in [4.69, 9.17) is 10.8 Å². The van der Waals surface area contributed by atoms with Gasteiger partial charge in [-0.25, -0.2) is 0 Å². The number of rotatable bonds is 4. The van der Waals surface area contributed by atoms with Crippen molar-refractivity contribution < 1.29 is 5.11 Å². The Morgan fingerprint density at radius 3 is 2.39 bits per heavy atom. The van der Waals surface area contributed by atoms with Gasteiger partial charge < -0.3 is 20.6 Å². The van der Waals surface area contributed by atoms with Gasteiger partial charge in [0.25, 0.3) is 0 Å². The van der Waals surface area contributed by atoms with E-state index in [0.29, 0.717) is 0 Å². The lowest BCUT2D eigenvalue weighted by molar-refractivity contribution is 0.189. The van der Waals surface area contributed by atoms with Gasteiger partial charge in [0.05, 0.1) is 18.0 Å². The number of hydrogen-bond donors (Lipinski definition) is 2. The molecular weight excluding hydrogens is 288 g/mol. The summed E-state index contributed by atoms with van der Waals surface area (Å²) in [6.07, 6.45) is 2.51. The molecule has 0 bridgehead atoms. The van der Waals surface area contributed by atoms with Gasteiger partial charge in [-0.2, -0.15) is 0 Å². The molecule has 2 saturated heterocycles. The van der Waals surface area contributed by atoms with Crippen molar-refractivity contribution in [1.82, 2.24) is 4.90 Å². The van der Waals surface area contributed by atoms with E-state index in [0.717, 1.165) is 57.4 Å². The number of β-amino-alcohol motifs (C(OH)–C–C–N with tert-alkyl or cyclic N) is 1. The molecule has 128 valence electrons. The van der Waals surface area contributed by atoms with E-state index in [-0.39, 0.29) is 6.61 Å². The van der Waals surface area contributed by atoms with E-state index < -0.39 is 0 Å². The van der Waals surface area contributed by atoms with Crippen molar-refractivity contribution in [2.45, 2.75) is 19.8 Å². The first-order valence-corrected chi connectivity index (χ1v) is 8.90. The minimum absolute atomic E-state index is 0.249. The van der Waals surface area contributed by atoms with Gasteiger partial charge in [-0.1, -0.05) is 6.92 Å². The number of nitrogens with zero attached hydrogens (tertiary/aromatic N) is 3. The molecule has 0 radical (unpaired) electrons. The monoisotopic (exact) mass is 318 g/mol. The zero-order chi connectivity index (χ0) is 16.2. The third kappa shape index (κ3) is 3.90. The average Bonchev–Trinajstić information content (AvgIpc) is 2.57. The van der Waals surface area contributed by atoms with Gasteiger partial charge in [0.15, 0.2) is 0 Å². The van der Waals surface area contributed by atoms with Gasteiger partial charge in [-0.05, 0) is 37.0 Å². The lowest BCUT2D eigenvalue weighted by atomic mass is 9.98. The summed E-state index contributed by atoms with van der Waals surface area (Å²) in [7, 11) is 0. The Balaban J connectivity index is 1.68. The predicted molar refractivity (Wildman–Crippen MR) is 97.2 cm³/mol. The van der Waals surface area contributed by atoms with Gasteiger partial charge in [0.2, 0.25) is 0 Å². The third-order valence-electron chi connectivity index (χ3n) is 5.29. The standard InChI is InChI=1S/C18H30N4O/c1-15-4-6-22(7-5-15)18-14-16(2-3-17(18)19)21-10-8-20(9-11-21)12-13-23/h2-3,14-15,23H,4-13,19H2,1H3. The molecule has 1 aromatic rings. The van der Waals surface area contributed by atoms with Crippen LogP contribution >= 0.6 is 0 Å². The molecule has 0 saturated carbocycles. The first-order valence-electron chi connectivity index (χ1n) is 8.90. The van der Waals surface area contributed by atoms with Crippen LogP contribution in [0.25, 0.3) is 0 Å². The number of anilines is 3. The highest BCUT2D eigenvalue weighted by atomic mass is 16.3. The molecule has 0 unspecified atom stereocenters. The maximum absolute atomic E-state index is 9.06. The quantitative estimate of drug-likeness (QED) is 0.826. The molecule has 0 spiro atoms. The van der Waals surface area contributed by atoms with Crippen LogP contribution in [0.5, 0.6) is 0 Å². The molecule has 0 amide bonds. The summed E-state index contributed by atoms with van der Waals surface area (Å²) >= 11 is 0. The SMILES string of the molecule is CC1CCN(c2cc(N3CCN(CCO)CC3)ccc2N)CC1. The van der Waals surface area contributed by atoms with Crippen LogP contribution in [-0.2, 0) is 0 Å². The number of benzene rings is 1. The Kier molecular flexibility index (Phi) is 5.28. The lowest BCUT2D eigenvalue weighted by Crippen LogP contribution is -2.47. The molecule has 0 atom stereocenters. The van der Waals surface area contributed by atoms with Crippen LogP contribution < -0.4 is 15.5 Å². The number of aliphatic hydroxyl groups is 1. The summed E-state index contributed by atoms with van der Waals surface area (Å²) in [5, 5.41) is 9.06. The number of nitrogen functional groups attached to an aromatic ring is 1. The second kappa shape index (κ2) is 7.41. The van der Waals surface area contributed by atoms with Crippen LogP contribution in [0.4, 0.5) is 17.1 Å². The Hall–Kier alpha value is -1.46. The predicted octanol–water partition coefficient (Wildman–Crippen LogP) is 1.62. The van der Waals surface area contributed by atoms with Crippen molar-refractivity contribution in [3.63, 3.8) is 0 Å². The summed E-state index contributed by atoms with van der Waals surface area (Å²) in [6, 6.07) is 6.48. The summed E-state index contributed by atoms with van der Waals surface area (Å²) in [5.41, 5.74) is 9.62. The highest BCUT2D eigenvalue weighted by molar-refractivity contribution is 5.73. The number of piperazine rings is 1. The molecule has 3 N–H and O–H groups in total. The van der Waals surface area contributed by atoms with Crippen LogP contribution in [0.15, 0.2) is 18.2 Å². The lowest BCUT2D eigenvalue weighted by Gasteiger charge is -2.37. The molecule has 3 rings (SSSR count). The van der Waals surface area contributed by atoms with Crippen LogP contribution in [0.3, 0.4) is 0 Å². The van der Waals surface area contributed by atoms with E-state index in [1.54, 1.807) is 0 Å². The molecule has 5 nitrogen and oxygen atoms in total. The fraction of sp³-hybridized carbons (Fsp3) is 0.667. The van der Waals surface area contributed by atoms with Crippen LogP contribution in [-0.4, -0.2) is 62.4 Å². The molecule has 1 aromatic carbocycles. The maximum atomic E-state index is 9.06. The van der Waals surface area contributed by atoms with E-state index >= 15 is 0 Å². The Labute approximate surface area is 139 Å². The van der Waals surface area contributed by atoms with Crippen molar-refractivity contribution in [1.29, 1.82) is 0 Å². The van der Waals surface area contributed by atoms with E-state index in [1.807, 2.05) is 0 Å². The average molecular weight is 318 g/mol. The van der Waals surface area contributed by atoms with Gasteiger partial charge >= 0.3 is 0 Å². The Morgan fingerprint density at radius 2 is 1.74 bits per heavy atom. The van der Waals surface area contributed by atoms with Gasteiger partial charge in [0.1, 0.15) is 0 Å². The Bertz CT molecular complexity index is 506. The summed E-state index contributed by atoms with van der Waals surface area (Å²) in [4.78, 5) is 7.20.